The SMILES string of the molecule is Cc1ccccc1-n1c(SCc2noc(CC(C)C)n2)nnc1-c1cccnc1. The first-order valence-electron chi connectivity index (χ1n) is 9.48. The van der Waals surface area contributed by atoms with Crippen LogP contribution in [-0.2, 0) is 12.2 Å². The third-order valence-electron chi connectivity index (χ3n) is 4.33. The van der Waals surface area contributed by atoms with E-state index in [0.717, 1.165) is 34.2 Å². The van der Waals surface area contributed by atoms with Crippen molar-refractivity contribution in [2.75, 3.05) is 0 Å². The molecular formula is C21H22N6OS. The fourth-order valence-corrected chi connectivity index (χ4v) is 3.77. The Morgan fingerprint density at radius 2 is 1.97 bits per heavy atom. The second-order valence-electron chi connectivity index (χ2n) is 7.16. The molecular weight excluding hydrogens is 384 g/mol. The Bertz CT molecular complexity index is 1090. The molecule has 8 heteroatoms. The molecule has 4 aromatic rings. The number of para-hydroxylation sites is 1. The molecule has 0 aliphatic heterocycles. The standard InChI is InChI=1S/C21H22N6OS/c1-14(2)11-19-23-18(26-28-19)13-29-21-25-24-20(16-8-6-10-22-12-16)27(21)17-9-5-4-7-15(17)3/h4-10,12,14H,11,13H2,1-3H3. The Morgan fingerprint density at radius 3 is 2.72 bits per heavy atom. The lowest BCUT2D eigenvalue weighted by atomic mass is 10.1. The summed E-state index contributed by atoms with van der Waals surface area (Å²) in [5.41, 5.74) is 3.08. The van der Waals surface area contributed by atoms with Gasteiger partial charge in [-0.15, -0.1) is 10.2 Å². The molecule has 7 nitrogen and oxygen atoms in total. The first-order chi connectivity index (χ1) is 14.1. The second-order valence-corrected chi connectivity index (χ2v) is 8.10. The van der Waals surface area contributed by atoms with E-state index in [4.69, 9.17) is 4.52 Å². The molecule has 0 bridgehead atoms. The van der Waals surface area contributed by atoms with Gasteiger partial charge in [-0.25, -0.2) is 0 Å². The summed E-state index contributed by atoms with van der Waals surface area (Å²) >= 11 is 1.54. The lowest BCUT2D eigenvalue weighted by Gasteiger charge is -2.12. The van der Waals surface area contributed by atoms with Crippen LogP contribution in [0.1, 0.15) is 31.1 Å². The Balaban J connectivity index is 1.66. The minimum Gasteiger partial charge on any atom is -0.339 e. The van der Waals surface area contributed by atoms with Crippen molar-refractivity contribution in [2.45, 2.75) is 38.1 Å². The summed E-state index contributed by atoms with van der Waals surface area (Å²) in [6, 6.07) is 12.1. The predicted octanol–water partition coefficient (Wildman–Crippen LogP) is 4.51. The number of rotatable bonds is 7. The topological polar surface area (TPSA) is 82.5 Å². The van der Waals surface area contributed by atoms with E-state index in [-0.39, 0.29) is 0 Å². The van der Waals surface area contributed by atoms with Crippen molar-refractivity contribution in [3.8, 4) is 17.1 Å². The van der Waals surface area contributed by atoms with Gasteiger partial charge in [-0.2, -0.15) is 4.98 Å². The molecule has 0 aliphatic rings. The van der Waals surface area contributed by atoms with Crippen molar-refractivity contribution in [1.29, 1.82) is 0 Å². The Kier molecular flexibility index (Phi) is 5.71. The number of nitrogens with zero attached hydrogens (tertiary/aromatic N) is 6. The molecule has 0 radical (unpaired) electrons. The summed E-state index contributed by atoms with van der Waals surface area (Å²) in [6.45, 7) is 6.33. The number of hydrogen-bond donors (Lipinski definition) is 0. The molecule has 0 aliphatic carbocycles. The van der Waals surface area contributed by atoms with Gasteiger partial charge >= 0.3 is 0 Å². The second kappa shape index (κ2) is 8.57. The van der Waals surface area contributed by atoms with Gasteiger partial charge in [-0.3, -0.25) is 9.55 Å². The summed E-state index contributed by atoms with van der Waals surface area (Å²) in [5, 5.41) is 13.8. The first kappa shape index (κ1) is 19.3. The fourth-order valence-electron chi connectivity index (χ4n) is 2.99. The lowest BCUT2D eigenvalue weighted by Crippen LogP contribution is -2.02. The van der Waals surface area contributed by atoms with Crippen molar-refractivity contribution in [1.82, 2.24) is 29.9 Å². The third kappa shape index (κ3) is 4.37. The van der Waals surface area contributed by atoms with Gasteiger partial charge in [-0.05, 0) is 36.6 Å². The summed E-state index contributed by atoms with van der Waals surface area (Å²) in [4.78, 5) is 8.71. The van der Waals surface area contributed by atoms with Crippen LogP contribution < -0.4 is 0 Å². The Morgan fingerprint density at radius 1 is 1.10 bits per heavy atom. The highest BCUT2D eigenvalue weighted by atomic mass is 32.2. The molecule has 4 rings (SSSR count). The minimum absolute atomic E-state index is 0.474. The van der Waals surface area contributed by atoms with Gasteiger partial charge in [0.05, 0.1) is 11.4 Å². The van der Waals surface area contributed by atoms with Gasteiger partial charge in [0.15, 0.2) is 16.8 Å². The van der Waals surface area contributed by atoms with E-state index in [1.807, 2.05) is 24.3 Å². The fraction of sp³-hybridized carbons (Fsp3) is 0.286. The number of thioether (sulfide) groups is 1. The molecule has 0 atom stereocenters. The number of pyridine rings is 1. The quantitative estimate of drug-likeness (QED) is 0.418. The molecule has 0 unspecified atom stereocenters. The van der Waals surface area contributed by atoms with E-state index in [0.29, 0.717) is 23.4 Å². The van der Waals surface area contributed by atoms with Crippen molar-refractivity contribution in [3.05, 3.63) is 66.1 Å². The van der Waals surface area contributed by atoms with Crippen LogP contribution in [0.25, 0.3) is 17.1 Å². The average Bonchev–Trinajstić information content (AvgIpc) is 3.34. The molecule has 148 valence electrons. The van der Waals surface area contributed by atoms with Crippen LogP contribution in [0, 0.1) is 12.8 Å². The highest BCUT2D eigenvalue weighted by Gasteiger charge is 2.18. The monoisotopic (exact) mass is 406 g/mol. The van der Waals surface area contributed by atoms with E-state index in [1.54, 1.807) is 12.4 Å². The highest BCUT2D eigenvalue weighted by Crippen LogP contribution is 2.30. The number of aryl methyl sites for hydroxylation is 1. The van der Waals surface area contributed by atoms with E-state index in [9.17, 15) is 0 Å². The predicted molar refractivity (Wildman–Crippen MR) is 112 cm³/mol. The van der Waals surface area contributed by atoms with Gasteiger partial charge in [0.25, 0.3) is 0 Å². The maximum Gasteiger partial charge on any atom is 0.226 e. The third-order valence-corrected chi connectivity index (χ3v) is 5.26. The van der Waals surface area contributed by atoms with Gasteiger partial charge in [0.1, 0.15) is 0 Å². The smallest absolute Gasteiger partial charge is 0.226 e. The van der Waals surface area contributed by atoms with E-state index >= 15 is 0 Å². The molecule has 0 amide bonds. The molecule has 3 heterocycles. The van der Waals surface area contributed by atoms with E-state index in [1.165, 1.54) is 11.8 Å². The molecule has 0 saturated heterocycles. The van der Waals surface area contributed by atoms with Gasteiger partial charge in [0.2, 0.25) is 5.89 Å². The van der Waals surface area contributed by atoms with Crippen LogP contribution in [0.2, 0.25) is 0 Å². The number of hydrogen-bond acceptors (Lipinski definition) is 7. The van der Waals surface area contributed by atoms with Gasteiger partial charge in [-0.1, -0.05) is 49.0 Å². The first-order valence-corrected chi connectivity index (χ1v) is 10.5. The Labute approximate surface area is 173 Å². The molecule has 29 heavy (non-hydrogen) atoms. The largest absolute Gasteiger partial charge is 0.339 e. The summed E-state index contributed by atoms with van der Waals surface area (Å²) in [5.74, 6) is 3.11. The van der Waals surface area contributed by atoms with Crippen molar-refractivity contribution < 1.29 is 4.52 Å². The van der Waals surface area contributed by atoms with E-state index in [2.05, 4.69) is 62.8 Å². The maximum absolute atomic E-state index is 5.35. The van der Waals surface area contributed by atoms with Crippen LogP contribution in [0.5, 0.6) is 0 Å². The van der Waals surface area contributed by atoms with Gasteiger partial charge in [0, 0.05) is 24.4 Å². The molecule has 0 N–H and O–H groups in total. The van der Waals surface area contributed by atoms with Crippen LogP contribution in [-0.4, -0.2) is 29.9 Å². The molecule has 0 saturated carbocycles. The van der Waals surface area contributed by atoms with Crippen molar-refractivity contribution in [3.63, 3.8) is 0 Å². The summed E-state index contributed by atoms with van der Waals surface area (Å²) in [6.07, 6.45) is 4.32. The molecule has 0 spiro atoms. The summed E-state index contributed by atoms with van der Waals surface area (Å²) in [7, 11) is 0. The number of aromatic nitrogens is 6. The average molecular weight is 407 g/mol. The molecule has 0 fully saturated rings. The molecule has 1 aromatic carbocycles. The maximum atomic E-state index is 5.35. The Hall–Kier alpha value is -3.00. The zero-order valence-electron chi connectivity index (χ0n) is 16.6. The normalized spacial score (nSPS) is 11.3. The zero-order valence-corrected chi connectivity index (χ0v) is 17.4. The van der Waals surface area contributed by atoms with Crippen molar-refractivity contribution in [2.24, 2.45) is 5.92 Å². The zero-order chi connectivity index (χ0) is 20.2. The van der Waals surface area contributed by atoms with Crippen molar-refractivity contribution >= 4 is 11.8 Å². The summed E-state index contributed by atoms with van der Waals surface area (Å²) < 4.78 is 7.41. The highest BCUT2D eigenvalue weighted by molar-refractivity contribution is 7.98. The minimum atomic E-state index is 0.474. The van der Waals surface area contributed by atoms with E-state index < -0.39 is 0 Å². The van der Waals surface area contributed by atoms with Gasteiger partial charge < -0.3 is 4.52 Å². The van der Waals surface area contributed by atoms with Crippen LogP contribution in [0.15, 0.2) is 58.5 Å². The lowest BCUT2D eigenvalue weighted by molar-refractivity contribution is 0.360. The van der Waals surface area contributed by atoms with Crippen LogP contribution >= 0.6 is 11.8 Å². The van der Waals surface area contributed by atoms with Crippen LogP contribution in [0.3, 0.4) is 0 Å². The van der Waals surface area contributed by atoms with Crippen LogP contribution in [0.4, 0.5) is 0 Å². The molecule has 3 aromatic heterocycles. The number of benzene rings is 1.